The number of hydrogen-bond donors (Lipinski definition) is 3. The summed E-state index contributed by atoms with van der Waals surface area (Å²) < 4.78 is 85.1. The number of nitrogens with two attached hydrogens (primary N) is 1. The molecule has 1 saturated carbocycles. The predicted molar refractivity (Wildman–Crippen MR) is 277 cm³/mol. The number of alkyl halides is 2. The Morgan fingerprint density at radius 2 is 1.72 bits per heavy atom. The standard InChI is InChI=1S/C54H63F2N9O9S/c1-32(2)37-5-3-4-6-38(37)44-30-72-22-20-63(44)35-26-53(27-35)11-18-62(19-12-53)41-8-7-39(50(57)66)48(64-40-10-21-71-31-46(40)74-52-43(64)23-33-9-15-58-51(33)60-52)49(41)75(69,70)36-24-42(65(67)68)47-45(25-36)73-29-34(59-47)28-61-16-13-54(55,56)14-17-61/h3-9,15,23-25,32,34-35,40,44,46,59H,10-14,16-22,26-31H2,1-2H3,(H2,57,66)(H,58,60)/t34-,40-,44-,46-/m0/s1. The monoisotopic (exact) mass is 1050 g/mol. The average molecular weight is 1050 g/mol. The Balaban J connectivity index is 0.928. The number of aromatic amines is 1. The molecule has 0 radical (unpaired) electrons. The van der Waals surface area contributed by atoms with Gasteiger partial charge in [-0.25, -0.2) is 17.2 Å². The molecule has 12 rings (SSSR count). The van der Waals surface area contributed by atoms with Gasteiger partial charge in [-0.2, -0.15) is 4.98 Å². The van der Waals surface area contributed by atoms with Crippen LogP contribution >= 0.6 is 0 Å². The van der Waals surface area contributed by atoms with Crippen LogP contribution in [0.4, 0.5) is 37.2 Å². The van der Waals surface area contributed by atoms with Crippen molar-refractivity contribution in [3.63, 3.8) is 0 Å². The number of rotatable bonds is 11. The first-order valence-corrected chi connectivity index (χ1v) is 27.8. The van der Waals surface area contributed by atoms with E-state index in [0.717, 1.165) is 38.3 Å². The summed E-state index contributed by atoms with van der Waals surface area (Å²) in [5, 5.41) is 17.0. The third kappa shape index (κ3) is 9.00. The highest BCUT2D eigenvalue weighted by Crippen LogP contribution is 2.56. The fraction of sp³-hybridized carbons (Fsp3) is 0.519. The van der Waals surface area contributed by atoms with Crippen LogP contribution in [0.25, 0.3) is 11.0 Å². The van der Waals surface area contributed by atoms with E-state index in [9.17, 15) is 23.7 Å². The number of piperidine rings is 2. The predicted octanol–water partition coefficient (Wildman–Crippen LogP) is 7.94. The van der Waals surface area contributed by atoms with Gasteiger partial charge in [0.25, 0.3) is 17.5 Å². The fourth-order valence-electron chi connectivity index (χ4n) is 13.1. The van der Waals surface area contributed by atoms with Crippen molar-refractivity contribution < 1.29 is 45.9 Å². The lowest BCUT2D eigenvalue weighted by Gasteiger charge is -2.57. The van der Waals surface area contributed by atoms with Crippen LogP contribution in [0.15, 0.2) is 76.7 Å². The smallest absolute Gasteiger partial charge is 0.297 e. The maximum Gasteiger partial charge on any atom is 0.297 e. The van der Waals surface area contributed by atoms with E-state index < -0.39 is 55.4 Å². The normalized spacial score (nSPS) is 24.9. The molecule has 4 atom stereocenters. The van der Waals surface area contributed by atoms with Crippen LogP contribution in [0.3, 0.4) is 0 Å². The third-order valence-corrected chi connectivity index (χ3v) is 18.8. The highest BCUT2D eigenvalue weighted by atomic mass is 32.2. The van der Waals surface area contributed by atoms with Gasteiger partial charge in [-0.1, -0.05) is 38.1 Å². The number of likely N-dealkylation sites (tertiary alicyclic amines) is 1. The van der Waals surface area contributed by atoms with Gasteiger partial charge in [0.1, 0.15) is 28.9 Å². The summed E-state index contributed by atoms with van der Waals surface area (Å²) >= 11 is 0. The number of nitro benzene ring substituents is 1. The maximum absolute atomic E-state index is 16.2. The van der Waals surface area contributed by atoms with Gasteiger partial charge >= 0.3 is 0 Å². The van der Waals surface area contributed by atoms with Gasteiger partial charge in [0.15, 0.2) is 11.4 Å². The van der Waals surface area contributed by atoms with Crippen LogP contribution in [0.2, 0.25) is 0 Å². The van der Waals surface area contributed by atoms with E-state index in [0.29, 0.717) is 73.7 Å². The van der Waals surface area contributed by atoms with Gasteiger partial charge in [-0.05, 0) is 78.8 Å². The number of nitrogens with one attached hydrogen (secondary N) is 2. The van der Waals surface area contributed by atoms with Gasteiger partial charge in [-0.15, -0.1) is 0 Å². The minimum atomic E-state index is -4.85. The minimum absolute atomic E-state index is 0.00164. The second kappa shape index (κ2) is 19.2. The molecule has 4 N–H and O–H groups in total. The third-order valence-electron chi connectivity index (χ3n) is 17.0. The largest absolute Gasteiger partial charge is 0.489 e. The molecule has 1 amide bonds. The number of carbonyl (C=O) groups is 1. The van der Waals surface area contributed by atoms with Crippen molar-refractivity contribution in [2.24, 2.45) is 11.1 Å². The highest BCUT2D eigenvalue weighted by molar-refractivity contribution is 7.91. The first kappa shape index (κ1) is 49.7. The Hall–Kier alpha value is -6.13. The second-order valence-corrected chi connectivity index (χ2v) is 23.8. The molecule has 21 heteroatoms. The molecule has 5 fully saturated rings. The molecular weight excluding hydrogens is 989 g/mol. The molecular formula is C54H63F2N9O9S. The number of H-pyrrole nitrogens is 1. The molecule has 6 aliphatic heterocycles. The summed E-state index contributed by atoms with van der Waals surface area (Å²) in [6, 6.07) is 17.4. The Kier molecular flexibility index (Phi) is 12.7. The summed E-state index contributed by atoms with van der Waals surface area (Å²) in [7, 11) is -4.85. The number of fused-ring (bicyclic) bond motifs is 4. The summed E-state index contributed by atoms with van der Waals surface area (Å²) in [5.41, 5.74) is 9.68. The first-order valence-electron chi connectivity index (χ1n) is 26.3. The van der Waals surface area contributed by atoms with E-state index in [4.69, 9.17) is 29.7 Å². The number of nitrogens with zero attached hydrogens (tertiary/aromatic N) is 6. The number of aromatic nitrogens is 2. The lowest BCUT2D eigenvalue weighted by Crippen LogP contribution is -2.58. The fourth-order valence-corrected chi connectivity index (χ4v) is 14.8. The van der Waals surface area contributed by atoms with Crippen molar-refractivity contribution in [3.05, 3.63) is 93.7 Å². The molecule has 1 spiro atoms. The van der Waals surface area contributed by atoms with Crippen molar-refractivity contribution in [1.82, 2.24) is 19.8 Å². The Morgan fingerprint density at radius 1 is 0.947 bits per heavy atom. The number of hydrogen-bond acceptors (Lipinski definition) is 15. The lowest BCUT2D eigenvalue weighted by atomic mass is 9.59. The van der Waals surface area contributed by atoms with Gasteiger partial charge in [-0.3, -0.25) is 19.8 Å². The Morgan fingerprint density at radius 3 is 2.48 bits per heavy atom. The molecule has 2 aromatic heterocycles. The van der Waals surface area contributed by atoms with Crippen molar-refractivity contribution >= 4 is 55.2 Å². The van der Waals surface area contributed by atoms with Crippen molar-refractivity contribution in [1.29, 1.82) is 0 Å². The number of ether oxygens (including phenoxy) is 4. The number of sulfone groups is 1. The van der Waals surface area contributed by atoms with Gasteiger partial charge in [0, 0.05) is 88.5 Å². The molecule has 0 bridgehead atoms. The number of carbonyl (C=O) groups excluding carboxylic acids is 1. The number of amides is 1. The zero-order valence-corrected chi connectivity index (χ0v) is 43.0. The van der Waals surface area contributed by atoms with Crippen LogP contribution in [0, 0.1) is 15.5 Å². The van der Waals surface area contributed by atoms with Crippen molar-refractivity contribution in [3.8, 4) is 11.6 Å². The zero-order chi connectivity index (χ0) is 52.0. The van der Waals surface area contributed by atoms with E-state index in [-0.39, 0.29) is 90.6 Å². The highest BCUT2D eigenvalue weighted by Gasteiger charge is 2.51. The molecule has 4 saturated heterocycles. The summed E-state index contributed by atoms with van der Waals surface area (Å²) in [6.07, 6.45) is 4.49. The van der Waals surface area contributed by atoms with E-state index in [2.05, 4.69) is 58.2 Å². The maximum atomic E-state index is 16.2. The van der Waals surface area contributed by atoms with E-state index in [1.165, 1.54) is 17.2 Å². The number of halogens is 2. The van der Waals surface area contributed by atoms with Crippen molar-refractivity contribution in [2.75, 3.05) is 87.4 Å². The van der Waals surface area contributed by atoms with Crippen LogP contribution in [0.1, 0.15) is 92.2 Å². The Labute approximate surface area is 433 Å². The van der Waals surface area contributed by atoms with Crippen LogP contribution in [-0.4, -0.2) is 141 Å². The number of pyridine rings is 1. The number of benzene rings is 3. The van der Waals surface area contributed by atoms with E-state index >= 15 is 8.42 Å². The van der Waals surface area contributed by atoms with Gasteiger partial charge < -0.3 is 49.7 Å². The van der Waals surface area contributed by atoms with E-state index in [1.54, 1.807) is 18.3 Å². The number of morpholine rings is 1. The topological polar surface area (TPSA) is 211 Å². The van der Waals surface area contributed by atoms with Crippen LogP contribution < -0.4 is 30.3 Å². The molecule has 1 aliphatic carbocycles. The van der Waals surface area contributed by atoms with Crippen LogP contribution in [0.5, 0.6) is 11.6 Å². The first-order chi connectivity index (χ1) is 36.1. The molecule has 7 aliphatic rings. The molecule has 75 heavy (non-hydrogen) atoms. The molecule has 18 nitrogen and oxygen atoms in total. The molecule has 8 heterocycles. The average Bonchev–Trinajstić information content (AvgIpc) is 3.86. The van der Waals surface area contributed by atoms with Gasteiger partial charge in [0.05, 0.1) is 64.7 Å². The summed E-state index contributed by atoms with van der Waals surface area (Å²) in [5.74, 6) is -3.09. The zero-order valence-electron chi connectivity index (χ0n) is 42.1. The summed E-state index contributed by atoms with van der Waals surface area (Å²) in [4.78, 5) is 42.0. The number of nitro groups is 1. The molecule has 3 aromatic carbocycles. The molecule has 0 unspecified atom stereocenters. The van der Waals surface area contributed by atoms with E-state index in [1.807, 2.05) is 21.9 Å². The van der Waals surface area contributed by atoms with Crippen LogP contribution in [-0.2, 0) is 19.3 Å². The van der Waals surface area contributed by atoms with Crippen molar-refractivity contribution in [2.45, 2.75) is 111 Å². The Bertz CT molecular complexity index is 3150. The molecule has 398 valence electrons. The lowest BCUT2D eigenvalue weighted by molar-refractivity contribution is -0.384. The molecule has 5 aromatic rings. The number of primary amides is 1. The number of anilines is 4. The SMILES string of the molecule is CC(C)c1ccccc1[C@@H]1COCCN1C1CC2(CCN(c3ccc(C(N)=O)c(N4c5cc6cc[nH]c6nc5O[C@H]5COCC[C@@H]54)c3S(=O)(=O)c3cc4c(c([N+](=O)[O-])c3)N[C@@H](CN3CCC(F)(F)CC3)CO4)CC2)C1. The minimum Gasteiger partial charge on any atom is -0.489 e. The second-order valence-electron chi connectivity index (χ2n) is 21.9. The van der Waals surface area contributed by atoms with Gasteiger partial charge in [0.2, 0.25) is 15.7 Å². The quantitative estimate of drug-likeness (QED) is 0.0847. The summed E-state index contributed by atoms with van der Waals surface area (Å²) in [6.45, 7) is 8.70.